The van der Waals surface area contributed by atoms with E-state index in [-0.39, 0.29) is 5.41 Å². The Hall–Kier alpha value is -5.96. The molecule has 242 valence electrons. The lowest BCUT2D eigenvalue weighted by Crippen LogP contribution is -2.16. The second-order valence-corrected chi connectivity index (χ2v) is 15.2. The first kappa shape index (κ1) is 29.9. The molecule has 0 unspecified atom stereocenters. The zero-order valence-electron chi connectivity index (χ0n) is 28.6. The summed E-state index contributed by atoms with van der Waals surface area (Å²) >= 11 is 1.90. The number of rotatable bonds is 5. The molecule has 51 heavy (non-hydrogen) atoms. The summed E-state index contributed by atoms with van der Waals surface area (Å²) in [5.41, 5.74) is 13.7. The van der Waals surface area contributed by atoms with Gasteiger partial charge < -0.3 is 4.90 Å². The van der Waals surface area contributed by atoms with Gasteiger partial charge in [-0.25, -0.2) is 0 Å². The maximum atomic E-state index is 2.49. The topological polar surface area (TPSA) is 3.24 Å². The third kappa shape index (κ3) is 4.67. The van der Waals surface area contributed by atoms with Crippen molar-refractivity contribution in [2.45, 2.75) is 19.3 Å². The quantitative estimate of drug-likeness (QED) is 0.176. The van der Waals surface area contributed by atoms with Crippen molar-refractivity contribution in [2.75, 3.05) is 4.90 Å². The van der Waals surface area contributed by atoms with Crippen LogP contribution < -0.4 is 4.90 Å². The molecule has 0 amide bonds. The molecule has 0 saturated carbocycles. The average molecular weight is 670 g/mol. The minimum Gasteiger partial charge on any atom is -0.310 e. The molecule has 0 saturated heterocycles. The summed E-state index contributed by atoms with van der Waals surface area (Å²) in [6, 6.07) is 64.8. The Balaban J connectivity index is 1.27. The lowest BCUT2D eigenvalue weighted by molar-refractivity contribution is 0.660. The molecule has 1 aliphatic carbocycles. The van der Waals surface area contributed by atoms with E-state index in [9.17, 15) is 0 Å². The van der Waals surface area contributed by atoms with E-state index in [1.165, 1.54) is 81.1 Å². The van der Waals surface area contributed by atoms with E-state index in [1.54, 1.807) is 0 Å². The predicted molar refractivity (Wildman–Crippen MR) is 220 cm³/mol. The monoisotopic (exact) mass is 669 g/mol. The molecule has 0 bridgehead atoms. The summed E-state index contributed by atoms with van der Waals surface area (Å²) in [7, 11) is 0. The van der Waals surface area contributed by atoms with Gasteiger partial charge in [-0.2, -0.15) is 0 Å². The van der Waals surface area contributed by atoms with Crippen molar-refractivity contribution in [3.63, 3.8) is 0 Å². The van der Waals surface area contributed by atoms with E-state index >= 15 is 0 Å². The van der Waals surface area contributed by atoms with Crippen molar-refractivity contribution < 1.29 is 0 Å². The molecule has 0 N–H and O–H groups in total. The third-order valence-corrected chi connectivity index (χ3v) is 12.1. The maximum Gasteiger partial charge on any atom is 0.0546 e. The number of thiophene rings is 1. The lowest BCUT2D eigenvalue weighted by atomic mass is 9.82. The van der Waals surface area contributed by atoms with Crippen LogP contribution in [-0.2, 0) is 5.41 Å². The molecule has 9 aromatic rings. The van der Waals surface area contributed by atoms with E-state index in [0.717, 1.165) is 11.4 Å². The molecule has 1 aromatic heterocycles. The zero-order valence-corrected chi connectivity index (χ0v) is 29.4. The number of nitrogens with zero attached hydrogens (tertiary/aromatic N) is 1. The summed E-state index contributed by atoms with van der Waals surface area (Å²) in [6.45, 7) is 4.73. The Morgan fingerprint density at radius 1 is 0.431 bits per heavy atom. The molecule has 2 heteroatoms. The van der Waals surface area contributed by atoms with Gasteiger partial charge >= 0.3 is 0 Å². The Kier molecular flexibility index (Phi) is 6.78. The molecular weight excluding hydrogens is 635 g/mol. The van der Waals surface area contributed by atoms with E-state index in [4.69, 9.17) is 0 Å². The van der Waals surface area contributed by atoms with Gasteiger partial charge in [-0.3, -0.25) is 0 Å². The fourth-order valence-electron chi connectivity index (χ4n) is 8.36. The van der Waals surface area contributed by atoms with Gasteiger partial charge in [0, 0.05) is 47.7 Å². The largest absolute Gasteiger partial charge is 0.310 e. The molecule has 1 nitrogen and oxygen atoms in total. The van der Waals surface area contributed by atoms with Crippen LogP contribution >= 0.6 is 11.3 Å². The molecule has 0 atom stereocenters. The zero-order chi connectivity index (χ0) is 34.1. The number of anilines is 3. The fraction of sp³-hybridized carbons (Fsp3) is 0.0612. The Labute approximate surface area is 302 Å². The van der Waals surface area contributed by atoms with Gasteiger partial charge in [0.2, 0.25) is 0 Å². The number of hydrogen-bond donors (Lipinski definition) is 0. The molecular formula is C49H35NS. The standard InChI is InChI=1S/C49H35NS/c1-49(2)43-21-11-9-18-37(43)38-29-28-36(30-44(38)49)50(35-26-24-33(25-27-35)32-14-5-3-6-15-32)45-22-13-20-40-47(45)41(34-16-7-4-8-17-34)31-42-39-19-10-12-23-46(39)51-48(40)42/h3-31H,1-2H3. The molecule has 10 rings (SSSR count). The lowest BCUT2D eigenvalue weighted by Gasteiger charge is -2.30. The van der Waals surface area contributed by atoms with E-state index in [2.05, 4.69) is 195 Å². The van der Waals surface area contributed by atoms with E-state index < -0.39 is 0 Å². The average Bonchev–Trinajstić information content (AvgIpc) is 3.68. The summed E-state index contributed by atoms with van der Waals surface area (Å²) in [4.78, 5) is 2.49. The highest BCUT2D eigenvalue weighted by Crippen LogP contribution is 2.52. The third-order valence-electron chi connectivity index (χ3n) is 10.9. The van der Waals surface area contributed by atoms with Crippen molar-refractivity contribution in [2.24, 2.45) is 0 Å². The number of benzene rings is 8. The van der Waals surface area contributed by atoms with Gasteiger partial charge in [0.1, 0.15) is 0 Å². The molecule has 0 spiro atoms. The van der Waals surface area contributed by atoms with Crippen LogP contribution in [-0.4, -0.2) is 0 Å². The molecule has 1 aliphatic rings. The summed E-state index contributed by atoms with van der Waals surface area (Å²) in [5, 5.41) is 5.17. The first-order valence-corrected chi connectivity index (χ1v) is 18.5. The fourth-order valence-corrected chi connectivity index (χ4v) is 9.57. The molecule has 0 fully saturated rings. The van der Waals surface area contributed by atoms with Gasteiger partial charge in [0.05, 0.1) is 5.69 Å². The predicted octanol–water partition coefficient (Wildman–Crippen LogP) is 14.3. The van der Waals surface area contributed by atoms with Gasteiger partial charge in [-0.15, -0.1) is 11.3 Å². The van der Waals surface area contributed by atoms with Crippen LogP contribution in [0, 0.1) is 0 Å². The van der Waals surface area contributed by atoms with Crippen molar-refractivity contribution in [3.05, 3.63) is 187 Å². The second-order valence-electron chi connectivity index (χ2n) is 14.1. The first-order chi connectivity index (χ1) is 25.1. The van der Waals surface area contributed by atoms with Crippen LogP contribution in [0.25, 0.3) is 64.3 Å². The van der Waals surface area contributed by atoms with E-state index in [0.29, 0.717) is 0 Å². The Morgan fingerprint density at radius 3 is 1.86 bits per heavy atom. The Bertz CT molecular complexity index is 2760. The number of fused-ring (bicyclic) bond motifs is 8. The van der Waals surface area contributed by atoms with Gasteiger partial charge in [-0.05, 0) is 87.0 Å². The minimum absolute atomic E-state index is 0.109. The van der Waals surface area contributed by atoms with Crippen molar-refractivity contribution in [1.82, 2.24) is 0 Å². The smallest absolute Gasteiger partial charge is 0.0546 e. The summed E-state index contributed by atoms with van der Waals surface area (Å²) < 4.78 is 2.65. The van der Waals surface area contributed by atoms with Crippen molar-refractivity contribution in [3.8, 4) is 33.4 Å². The van der Waals surface area contributed by atoms with Crippen LogP contribution in [0.1, 0.15) is 25.0 Å². The highest BCUT2D eigenvalue weighted by Gasteiger charge is 2.36. The Morgan fingerprint density at radius 2 is 1.06 bits per heavy atom. The second kappa shape index (κ2) is 11.6. The van der Waals surface area contributed by atoms with Crippen LogP contribution in [0.4, 0.5) is 17.1 Å². The highest BCUT2D eigenvalue weighted by molar-refractivity contribution is 7.26. The first-order valence-electron chi connectivity index (χ1n) is 17.7. The van der Waals surface area contributed by atoms with Crippen LogP contribution in [0.3, 0.4) is 0 Å². The summed E-state index contributed by atoms with van der Waals surface area (Å²) in [6.07, 6.45) is 0. The van der Waals surface area contributed by atoms with Gasteiger partial charge in [0.15, 0.2) is 0 Å². The normalized spacial score (nSPS) is 13.1. The van der Waals surface area contributed by atoms with Crippen molar-refractivity contribution >= 4 is 59.3 Å². The molecule has 0 radical (unpaired) electrons. The van der Waals surface area contributed by atoms with Crippen LogP contribution in [0.15, 0.2) is 176 Å². The molecule has 1 heterocycles. The van der Waals surface area contributed by atoms with Crippen LogP contribution in [0.5, 0.6) is 0 Å². The highest BCUT2D eigenvalue weighted by atomic mass is 32.1. The SMILES string of the molecule is CC1(C)c2ccccc2-c2ccc(N(c3ccc(-c4ccccc4)cc3)c3cccc4c3c(-c3ccccc3)cc3c5ccccc5sc43)cc21. The van der Waals surface area contributed by atoms with Gasteiger partial charge in [-0.1, -0.05) is 147 Å². The van der Waals surface area contributed by atoms with Crippen molar-refractivity contribution in [1.29, 1.82) is 0 Å². The molecule has 8 aromatic carbocycles. The van der Waals surface area contributed by atoms with Gasteiger partial charge in [0.25, 0.3) is 0 Å². The number of hydrogen-bond acceptors (Lipinski definition) is 2. The molecule has 0 aliphatic heterocycles. The maximum absolute atomic E-state index is 2.49. The summed E-state index contributed by atoms with van der Waals surface area (Å²) in [5.74, 6) is 0. The minimum atomic E-state index is -0.109. The van der Waals surface area contributed by atoms with Crippen LogP contribution in [0.2, 0.25) is 0 Å². The van der Waals surface area contributed by atoms with E-state index in [1.807, 2.05) is 11.3 Å².